The van der Waals surface area contributed by atoms with Gasteiger partial charge in [0.25, 0.3) is 5.91 Å². The third-order valence-corrected chi connectivity index (χ3v) is 4.04. The van der Waals surface area contributed by atoms with Crippen molar-refractivity contribution < 1.29 is 24.0 Å². The van der Waals surface area contributed by atoms with Gasteiger partial charge in [-0.15, -0.1) is 0 Å². The number of nitro benzene ring substituents is 1. The van der Waals surface area contributed by atoms with E-state index in [1.165, 1.54) is 23.8 Å². The highest BCUT2D eigenvalue weighted by Gasteiger charge is 2.16. The summed E-state index contributed by atoms with van der Waals surface area (Å²) in [6.45, 7) is 2.90. The zero-order valence-electron chi connectivity index (χ0n) is 15.7. The number of amides is 1. The van der Waals surface area contributed by atoms with Gasteiger partial charge in [-0.25, -0.2) is 4.79 Å². The molecule has 8 heteroatoms. The predicted molar refractivity (Wildman–Crippen MR) is 102 cm³/mol. The van der Waals surface area contributed by atoms with Gasteiger partial charge in [-0.05, 0) is 30.5 Å². The first-order valence-corrected chi connectivity index (χ1v) is 8.80. The molecule has 2 rings (SSSR count). The molecule has 1 unspecified atom stereocenters. The van der Waals surface area contributed by atoms with E-state index in [-0.39, 0.29) is 17.5 Å². The number of aryl methyl sites for hydroxylation is 1. The summed E-state index contributed by atoms with van der Waals surface area (Å²) in [6, 6.07) is 13.3. The second kappa shape index (κ2) is 10.1. The van der Waals surface area contributed by atoms with Crippen molar-refractivity contribution in [2.75, 3.05) is 13.2 Å². The van der Waals surface area contributed by atoms with Crippen molar-refractivity contribution in [3.8, 4) is 5.75 Å². The second-order valence-corrected chi connectivity index (χ2v) is 6.06. The molecule has 148 valence electrons. The number of nitrogens with zero attached hydrogens (tertiary/aromatic N) is 1. The summed E-state index contributed by atoms with van der Waals surface area (Å²) < 4.78 is 9.97. The van der Waals surface area contributed by atoms with Gasteiger partial charge in [0, 0.05) is 6.07 Å². The van der Waals surface area contributed by atoms with Crippen LogP contribution in [-0.4, -0.2) is 30.0 Å². The maximum atomic E-state index is 12.0. The molecule has 0 radical (unpaired) electrons. The fraction of sp³-hybridized carbons (Fsp3) is 0.300. The lowest BCUT2D eigenvalue weighted by Crippen LogP contribution is -2.32. The lowest BCUT2D eigenvalue weighted by Gasteiger charge is -2.15. The Labute approximate surface area is 162 Å². The van der Waals surface area contributed by atoms with Gasteiger partial charge in [0.15, 0.2) is 19.0 Å². The molecule has 28 heavy (non-hydrogen) atoms. The van der Waals surface area contributed by atoms with E-state index in [0.717, 1.165) is 12.0 Å². The summed E-state index contributed by atoms with van der Waals surface area (Å²) in [5.41, 5.74) is 1.89. The Balaban J connectivity index is 1.77. The number of benzene rings is 2. The number of carbonyl (C=O) groups is 2. The van der Waals surface area contributed by atoms with Crippen LogP contribution < -0.4 is 10.1 Å². The number of para-hydroxylation sites is 2. The molecule has 1 N–H and O–H groups in total. The van der Waals surface area contributed by atoms with Crippen LogP contribution in [0, 0.1) is 10.1 Å². The minimum atomic E-state index is -0.798. The van der Waals surface area contributed by atoms with Gasteiger partial charge < -0.3 is 14.8 Å². The van der Waals surface area contributed by atoms with Crippen molar-refractivity contribution in [3.05, 3.63) is 69.8 Å². The van der Waals surface area contributed by atoms with Gasteiger partial charge in [-0.1, -0.05) is 43.3 Å². The Kier molecular flexibility index (Phi) is 7.50. The van der Waals surface area contributed by atoms with E-state index in [9.17, 15) is 19.7 Å². The van der Waals surface area contributed by atoms with E-state index in [1.807, 2.05) is 31.2 Å². The van der Waals surface area contributed by atoms with Gasteiger partial charge >= 0.3 is 11.7 Å². The molecule has 0 aliphatic rings. The standard InChI is InChI=1S/C20H22N2O6/c1-3-15-8-10-16(11-9-15)14(2)21-19(23)12-28-20(24)13-27-18-7-5-4-6-17(18)22(25)26/h4-11,14H,3,12-13H2,1-2H3,(H,21,23). The van der Waals surface area contributed by atoms with Crippen LogP contribution in [0.15, 0.2) is 48.5 Å². The fourth-order valence-electron chi connectivity index (χ4n) is 2.46. The van der Waals surface area contributed by atoms with Crippen molar-refractivity contribution in [2.24, 2.45) is 0 Å². The van der Waals surface area contributed by atoms with E-state index >= 15 is 0 Å². The molecule has 0 bridgehead atoms. The number of nitrogens with one attached hydrogen (secondary N) is 1. The number of carbonyl (C=O) groups excluding carboxylic acids is 2. The number of ether oxygens (including phenoxy) is 2. The van der Waals surface area contributed by atoms with Crippen molar-refractivity contribution in [1.82, 2.24) is 5.32 Å². The first kappa shape index (κ1) is 20.9. The Hall–Kier alpha value is -3.42. The number of rotatable bonds is 9. The summed E-state index contributed by atoms with van der Waals surface area (Å²) in [5.74, 6) is -1.29. The van der Waals surface area contributed by atoms with E-state index in [0.29, 0.717) is 0 Å². The Morgan fingerprint density at radius 2 is 1.79 bits per heavy atom. The molecule has 2 aromatic carbocycles. The van der Waals surface area contributed by atoms with Crippen LogP contribution in [0.4, 0.5) is 5.69 Å². The number of hydrogen-bond acceptors (Lipinski definition) is 6. The molecule has 0 aliphatic carbocycles. The fourth-order valence-corrected chi connectivity index (χ4v) is 2.46. The van der Waals surface area contributed by atoms with Crippen LogP contribution in [0.25, 0.3) is 0 Å². The van der Waals surface area contributed by atoms with Crippen LogP contribution in [-0.2, 0) is 20.7 Å². The van der Waals surface area contributed by atoms with E-state index in [2.05, 4.69) is 12.2 Å². The smallest absolute Gasteiger partial charge is 0.344 e. The highest BCUT2D eigenvalue weighted by Crippen LogP contribution is 2.25. The summed E-state index contributed by atoms with van der Waals surface area (Å²) in [5, 5.41) is 13.6. The quantitative estimate of drug-likeness (QED) is 0.403. The molecular weight excluding hydrogens is 364 g/mol. The summed E-state index contributed by atoms with van der Waals surface area (Å²) >= 11 is 0. The van der Waals surface area contributed by atoms with Gasteiger partial charge in [0.2, 0.25) is 0 Å². The average molecular weight is 386 g/mol. The van der Waals surface area contributed by atoms with Crippen LogP contribution >= 0.6 is 0 Å². The minimum Gasteiger partial charge on any atom is -0.475 e. The maximum absolute atomic E-state index is 12.0. The molecule has 0 saturated carbocycles. The maximum Gasteiger partial charge on any atom is 0.344 e. The number of hydrogen-bond donors (Lipinski definition) is 1. The highest BCUT2D eigenvalue weighted by atomic mass is 16.6. The molecule has 0 aromatic heterocycles. The van der Waals surface area contributed by atoms with Crippen LogP contribution in [0.1, 0.15) is 31.0 Å². The van der Waals surface area contributed by atoms with E-state index in [1.54, 1.807) is 6.07 Å². The van der Waals surface area contributed by atoms with Gasteiger partial charge in [0.1, 0.15) is 0 Å². The van der Waals surface area contributed by atoms with E-state index in [4.69, 9.17) is 9.47 Å². The molecule has 0 spiro atoms. The van der Waals surface area contributed by atoms with Crippen molar-refractivity contribution in [1.29, 1.82) is 0 Å². The largest absolute Gasteiger partial charge is 0.475 e. The molecular formula is C20H22N2O6. The summed E-state index contributed by atoms with van der Waals surface area (Å²) in [7, 11) is 0. The van der Waals surface area contributed by atoms with Gasteiger partial charge in [-0.3, -0.25) is 14.9 Å². The third-order valence-electron chi connectivity index (χ3n) is 4.04. The molecule has 1 atom stereocenters. The zero-order chi connectivity index (χ0) is 20.5. The second-order valence-electron chi connectivity index (χ2n) is 6.06. The number of nitro groups is 1. The monoisotopic (exact) mass is 386 g/mol. The average Bonchev–Trinajstić information content (AvgIpc) is 2.70. The Bertz CT molecular complexity index is 835. The minimum absolute atomic E-state index is 0.0435. The van der Waals surface area contributed by atoms with Crippen molar-refractivity contribution in [3.63, 3.8) is 0 Å². The normalized spacial score (nSPS) is 11.4. The lowest BCUT2D eigenvalue weighted by molar-refractivity contribution is -0.385. The number of esters is 1. The molecule has 0 aliphatic heterocycles. The Morgan fingerprint density at radius 1 is 1.11 bits per heavy atom. The molecule has 8 nitrogen and oxygen atoms in total. The molecule has 0 saturated heterocycles. The summed E-state index contributed by atoms with van der Waals surface area (Å²) in [4.78, 5) is 34.0. The van der Waals surface area contributed by atoms with Crippen molar-refractivity contribution in [2.45, 2.75) is 26.3 Å². The Morgan fingerprint density at radius 3 is 2.43 bits per heavy atom. The topological polar surface area (TPSA) is 108 Å². The van der Waals surface area contributed by atoms with Crippen LogP contribution in [0.5, 0.6) is 5.75 Å². The first-order valence-electron chi connectivity index (χ1n) is 8.80. The first-order chi connectivity index (χ1) is 13.4. The molecule has 0 heterocycles. The lowest BCUT2D eigenvalue weighted by atomic mass is 10.1. The SMILES string of the molecule is CCc1ccc(C(C)NC(=O)COC(=O)COc2ccccc2[N+](=O)[O-])cc1. The third kappa shape index (κ3) is 6.08. The van der Waals surface area contributed by atoms with E-state index < -0.39 is 30.0 Å². The molecule has 2 aromatic rings. The van der Waals surface area contributed by atoms with Gasteiger partial charge in [0.05, 0.1) is 11.0 Å². The zero-order valence-corrected chi connectivity index (χ0v) is 15.7. The van der Waals surface area contributed by atoms with Crippen LogP contribution in [0.2, 0.25) is 0 Å². The van der Waals surface area contributed by atoms with Crippen LogP contribution in [0.3, 0.4) is 0 Å². The van der Waals surface area contributed by atoms with Gasteiger partial charge in [-0.2, -0.15) is 0 Å². The highest BCUT2D eigenvalue weighted by molar-refractivity contribution is 5.81. The predicted octanol–water partition coefficient (Wildman–Crippen LogP) is 2.96. The molecule has 1 amide bonds. The molecule has 0 fully saturated rings. The summed E-state index contributed by atoms with van der Waals surface area (Å²) in [6.07, 6.45) is 0.936. The van der Waals surface area contributed by atoms with Crippen molar-refractivity contribution >= 4 is 17.6 Å².